The van der Waals surface area contributed by atoms with Crippen LogP contribution in [0.15, 0.2) is 23.2 Å². The molecule has 3 rings (SSSR count). The van der Waals surface area contributed by atoms with E-state index in [-0.39, 0.29) is 29.8 Å². The summed E-state index contributed by atoms with van der Waals surface area (Å²) < 4.78 is 12.1. The molecule has 1 heterocycles. The van der Waals surface area contributed by atoms with Gasteiger partial charge in [-0.3, -0.25) is 10.1 Å². The van der Waals surface area contributed by atoms with E-state index in [0.29, 0.717) is 18.4 Å². The van der Waals surface area contributed by atoms with Crippen molar-refractivity contribution < 1.29 is 14.4 Å². The second kappa shape index (κ2) is 8.43. The van der Waals surface area contributed by atoms with Crippen LogP contribution in [0.5, 0.6) is 0 Å². The molecule has 31 heavy (non-hydrogen) atoms. The number of halogens is 1. The monoisotopic (exact) mass is 445 g/mol. The maximum absolute atomic E-state index is 11.4. The fraction of sp³-hybridized carbons (Fsp3) is 0.571. The van der Waals surface area contributed by atoms with E-state index in [4.69, 9.17) is 26.8 Å². The summed E-state index contributed by atoms with van der Waals surface area (Å²) >= 11 is 5.96. The van der Waals surface area contributed by atoms with Crippen molar-refractivity contribution >= 4 is 23.1 Å². The largest absolute Gasteiger partial charge is 0.386 e. The van der Waals surface area contributed by atoms with E-state index in [2.05, 4.69) is 17.1 Å². The number of nitro benzene ring substituents is 1. The Hall–Kier alpha value is -2.72. The maximum atomic E-state index is 11.4. The van der Waals surface area contributed by atoms with Gasteiger partial charge in [-0.05, 0) is 24.5 Å². The fourth-order valence-corrected chi connectivity index (χ4v) is 4.60. The van der Waals surface area contributed by atoms with Crippen LogP contribution in [-0.4, -0.2) is 29.9 Å². The van der Waals surface area contributed by atoms with Gasteiger partial charge in [0.05, 0.1) is 30.3 Å². The summed E-state index contributed by atoms with van der Waals surface area (Å²) in [5.74, 6) is -2.63. The Labute approximate surface area is 185 Å². The highest BCUT2D eigenvalue weighted by Crippen LogP contribution is 2.82. The highest BCUT2D eigenvalue weighted by atomic mass is 35.5. The van der Waals surface area contributed by atoms with Crippen molar-refractivity contribution in [2.75, 3.05) is 13.2 Å². The Morgan fingerprint density at radius 2 is 1.84 bits per heavy atom. The van der Waals surface area contributed by atoms with Gasteiger partial charge in [0.25, 0.3) is 11.6 Å². The molecule has 1 fully saturated rings. The minimum Gasteiger partial charge on any atom is -0.386 e. The van der Waals surface area contributed by atoms with Crippen LogP contribution in [0.4, 0.5) is 5.69 Å². The zero-order chi connectivity index (χ0) is 22.9. The van der Waals surface area contributed by atoms with E-state index in [9.17, 15) is 20.6 Å². The van der Waals surface area contributed by atoms with Gasteiger partial charge in [-0.15, -0.1) is 0 Å². The Balaban J connectivity index is 2.14. The lowest BCUT2D eigenvalue weighted by atomic mass is 9.93. The van der Waals surface area contributed by atoms with Gasteiger partial charge in [-0.2, -0.15) is 10.5 Å². The predicted octanol–water partition coefficient (Wildman–Crippen LogP) is 4.02. The minimum absolute atomic E-state index is 0.0390. The first-order chi connectivity index (χ1) is 14.8. The number of hydrogen-bond donors (Lipinski definition) is 1. The van der Waals surface area contributed by atoms with Crippen molar-refractivity contribution in [3.05, 3.63) is 38.9 Å². The number of aliphatic imine (C=N–C) groups is 1. The first-order valence-corrected chi connectivity index (χ1v) is 10.6. The van der Waals surface area contributed by atoms with E-state index in [1.807, 2.05) is 13.8 Å². The molecule has 2 N–H and O–H groups in total. The summed E-state index contributed by atoms with van der Waals surface area (Å²) in [4.78, 5) is 15.2. The highest BCUT2D eigenvalue weighted by molar-refractivity contribution is 6.32. The zero-order valence-corrected chi connectivity index (χ0v) is 18.2. The SMILES string of the molecule is CCCCOC1(OCCCC)N=C(N)C2(C#N)C(c3ccc(Cl)c([N+](=O)[O-])c3)C12C#N. The molecule has 1 aromatic carbocycles. The van der Waals surface area contributed by atoms with Gasteiger partial charge in [0.2, 0.25) is 0 Å². The number of benzene rings is 1. The van der Waals surface area contributed by atoms with E-state index < -0.39 is 27.6 Å². The quantitative estimate of drug-likeness (QED) is 0.247. The number of amidine groups is 1. The molecule has 1 aliphatic carbocycles. The number of nitrogens with two attached hydrogens (primary N) is 1. The van der Waals surface area contributed by atoms with Crippen molar-refractivity contribution in [3.8, 4) is 12.1 Å². The van der Waals surface area contributed by atoms with E-state index in [0.717, 1.165) is 12.8 Å². The van der Waals surface area contributed by atoms with Crippen molar-refractivity contribution in [1.29, 1.82) is 10.5 Å². The first kappa shape index (κ1) is 23.0. The van der Waals surface area contributed by atoms with E-state index >= 15 is 0 Å². The van der Waals surface area contributed by atoms with Crippen molar-refractivity contribution in [3.63, 3.8) is 0 Å². The minimum atomic E-state index is -1.76. The standard InChI is InChI=1S/C21H24ClN5O4/c1-3-5-9-30-21(31-10-6-4-2)20(13-24)17(19(20,12-23)18(25)26-21)14-7-8-15(22)16(11-14)27(28)29/h7-8,11,17H,3-6,9-10H2,1-2H3,(H2,25,26). The van der Waals surface area contributed by atoms with Crippen LogP contribution < -0.4 is 5.73 Å². The number of hydrogen-bond acceptors (Lipinski definition) is 8. The van der Waals surface area contributed by atoms with Crippen LogP contribution in [0.25, 0.3) is 0 Å². The average molecular weight is 446 g/mol. The van der Waals surface area contributed by atoms with Gasteiger partial charge in [-0.1, -0.05) is 44.4 Å². The number of fused-ring (bicyclic) bond motifs is 1. The molecule has 0 saturated heterocycles. The molecule has 10 heteroatoms. The first-order valence-electron chi connectivity index (χ1n) is 10.2. The molecule has 0 aromatic heterocycles. The molecule has 0 bridgehead atoms. The Kier molecular flexibility index (Phi) is 6.24. The van der Waals surface area contributed by atoms with Crippen LogP contribution >= 0.6 is 11.6 Å². The third-order valence-corrected chi connectivity index (χ3v) is 6.34. The van der Waals surface area contributed by atoms with Gasteiger partial charge in [0, 0.05) is 12.0 Å². The fourth-order valence-electron chi connectivity index (χ4n) is 4.42. The summed E-state index contributed by atoms with van der Waals surface area (Å²) in [7, 11) is 0. The normalized spacial score (nSPS) is 27.6. The highest BCUT2D eigenvalue weighted by Gasteiger charge is 2.93. The van der Waals surface area contributed by atoms with Crippen molar-refractivity contribution in [1.82, 2.24) is 0 Å². The zero-order valence-electron chi connectivity index (χ0n) is 17.4. The van der Waals surface area contributed by atoms with Crippen LogP contribution in [0.3, 0.4) is 0 Å². The molecule has 9 nitrogen and oxygen atoms in total. The summed E-state index contributed by atoms with van der Waals surface area (Å²) in [6.45, 7) is 4.51. The summed E-state index contributed by atoms with van der Waals surface area (Å²) in [5, 5.41) is 31.8. The summed E-state index contributed by atoms with van der Waals surface area (Å²) in [6.07, 6.45) is 3.10. The molecule has 3 atom stereocenters. The molecule has 1 aromatic rings. The third kappa shape index (κ3) is 3.08. The smallest absolute Gasteiger partial charge is 0.293 e. The lowest BCUT2D eigenvalue weighted by Gasteiger charge is -2.32. The van der Waals surface area contributed by atoms with Crippen LogP contribution in [0.2, 0.25) is 5.02 Å². The third-order valence-electron chi connectivity index (χ3n) is 6.02. The number of nitro groups is 1. The number of unbranched alkanes of at least 4 members (excludes halogenated alkanes) is 2. The average Bonchev–Trinajstić information content (AvgIpc) is 3.32. The molecule has 1 aliphatic heterocycles. The van der Waals surface area contributed by atoms with Crippen LogP contribution in [-0.2, 0) is 9.47 Å². The summed E-state index contributed by atoms with van der Waals surface area (Å²) in [5.41, 5.74) is 3.22. The second-order valence-electron chi connectivity index (χ2n) is 7.72. The lowest BCUT2D eigenvalue weighted by molar-refractivity contribution is -0.384. The second-order valence-corrected chi connectivity index (χ2v) is 8.13. The number of rotatable bonds is 10. The maximum Gasteiger partial charge on any atom is 0.293 e. The Morgan fingerprint density at radius 1 is 1.23 bits per heavy atom. The molecular weight excluding hydrogens is 422 g/mol. The topological polar surface area (TPSA) is 148 Å². The molecule has 0 spiro atoms. The van der Waals surface area contributed by atoms with Gasteiger partial charge in [0.15, 0.2) is 5.41 Å². The summed E-state index contributed by atoms with van der Waals surface area (Å²) in [6, 6.07) is 8.60. The van der Waals surface area contributed by atoms with E-state index in [1.165, 1.54) is 12.1 Å². The van der Waals surface area contributed by atoms with Crippen LogP contribution in [0.1, 0.15) is 51.0 Å². The van der Waals surface area contributed by atoms with E-state index in [1.54, 1.807) is 6.07 Å². The molecule has 0 radical (unpaired) electrons. The van der Waals surface area contributed by atoms with Crippen molar-refractivity contribution in [2.45, 2.75) is 51.4 Å². The van der Waals surface area contributed by atoms with Gasteiger partial charge in [-0.25, -0.2) is 4.99 Å². The predicted molar refractivity (Wildman–Crippen MR) is 113 cm³/mol. The molecular formula is C21H24ClN5O4. The van der Waals surface area contributed by atoms with Crippen LogP contribution in [0, 0.1) is 43.6 Å². The molecule has 1 saturated carbocycles. The Morgan fingerprint density at radius 3 is 2.32 bits per heavy atom. The number of nitrogens with zero attached hydrogens (tertiary/aromatic N) is 4. The van der Waals surface area contributed by atoms with Gasteiger partial charge >= 0.3 is 0 Å². The van der Waals surface area contributed by atoms with Gasteiger partial charge < -0.3 is 15.2 Å². The molecule has 0 amide bonds. The number of nitriles is 2. The lowest BCUT2D eigenvalue weighted by Crippen LogP contribution is -2.44. The van der Waals surface area contributed by atoms with Gasteiger partial charge in [0.1, 0.15) is 16.3 Å². The molecule has 2 aliphatic rings. The molecule has 164 valence electrons. The number of ether oxygens (including phenoxy) is 2. The van der Waals surface area contributed by atoms with Crippen molar-refractivity contribution in [2.24, 2.45) is 21.6 Å². The Bertz CT molecular complexity index is 990. The molecule has 3 unspecified atom stereocenters.